The molecular formula is C9H18N2O2. The Morgan fingerprint density at radius 2 is 2.15 bits per heavy atom. The van der Waals surface area contributed by atoms with Crippen molar-refractivity contribution in [3.63, 3.8) is 0 Å². The van der Waals surface area contributed by atoms with Crippen LogP contribution in [0.25, 0.3) is 0 Å². The summed E-state index contributed by atoms with van der Waals surface area (Å²) in [5.41, 5.74) is 0. The van der Waals surface area contributed by atoms with Crippen molar-refractivity contribution in [1.29, 1.82) is 0 Å². The first-order chi connectivity index (χ1) is 6.24. The number of hydrogen-bond donors (Lipinski definition) is 1. The third kappa shape index (κ3) is 2.40. The molecule has 0 amide bonds. The van der Waals surface area contributed by atoms with Crippen LogP contribution in [0.15, 0.2) is 0 Å². The Balaban J connectivity index is 1.69. The SMILES string of the molecule is CN1CCOC(CN2CC(O)C2)C1. The molecule has 0 radical (unpaired) electrons. The normalized spacial score (nSPS) is 33.2. The zero-order chi connectivity index (χ0) is 9.26. The van der Waals surface area contributed by atoms with Crippen molar-refractivity contribution >= 4 is 0 Å². The first kappa shape index (κ1) is 9.40. The minimum absolute atomic E-state index is 0.0960. The summed E-state index contributed by atoms with van der Waals surface area (Å²) in [6.45, 7) is 5.53. The van der Waals surface area contributed by atoms with Crippen molar-refractivity contribution in [3.8, 4) is 0 Å². The van der Waals surface area contributed by atoms with E-state index in [0.29, 0.717) is 6.10 Å². The zero-order valence-electron chi connectivity index (χ0n) is 8.15. The predicted octanol–water partition coefficient (Wildman–Crippen LogP) is -1.01. The molecule has 2 heterocycles. The van der Waals surface area contributed by atoms with Crippen LogP contribution in [0.4, 0.5) is 0 Å². The van der Waals surface area contributed by atoms with Gasteiger partial charge in [-0.25, -0.2) is 0 Å². The maximum absolute atomic E-state index is 9.11. The highest BCUT2D eigenvalue weighted by Crippen LogP contribution is 2.11. The minimum Gasteiger partial charge on any atom is -0.390 e. The Hall–Kier alpha value is -0.160. The summed E-state index contributed by atoms with van der Waals surface area (Å²) in [5, 5.41) is 9.11. The lowest BCUT2D eigenvalue weighted by Gasteiger charge is -2.40. The molecule has 76 valence electrons. The van der Waals surface area contributed by atoms with Crippen molar-refractivity contribution in [3.05, 3.63) is 0 Å². The summed E-state index contributed by atoms with van der Waals surface area (Å²) in [5.74, 6) is 0. The third-order valence-corrected chi connectivity index (χ3v) is 2.74. The number of likely N-dealkylation sites (N-methyl/N-ethyl adjacent to an activating group) is 1. The van der Waals surface area contributed by atoms with Gasteiger partial charge in [-0.1, -0.05) is 0 Å². The van der Waals surface area contributed by atoms with E-state index in [1.54, 1.807) is 0 Å². The molecule has 0 aromatic heterocycles. The molecule has 0 spiro atoms. The predicted molar refractivity (Wildman–Crippen MR) is 49.7 cm³/mol. The van der Waals surface area contributed by atoms with Gasteiger partial charge in [0.25, 0.3) is 0 Å². The van der Waals surface area contributed by atoms with Crippen LogP contribution in [-0.2, 0) is 4.74 Å². The molecule has 0 aromatic carbocycles. The summed E-state index contributed by atoms with van der Waals surface area (Å²) < 4.78 is 5.62. The van der Waals surface area contributed by atoms with Gasteiger partial charge >= 0.3 is 0 Å². The van der Waals surface area contributed by atoms with E-state index < -0.39 is 0 Å². The van der Waals surface area contributed by atoms with E-state index in [0.717, 1.165) is 39.3 Å². The highest BCUT2D eigenvalue weighted by Gasteiger charge is 2.28. The Labute approximate surface area is 79.1 Å². The maximum atomic E-state index is 9.11. The molecule has 2 aliphatic heterocycles. The van der Waals surface area contributed by atoms with Crippen LogP contribution >= 0.6 is 0 Å². The molecule has 1 atom stereocenters. The van der Waals surface area contributed by atoms with Crippen molar-refractivity contribution in [1.82, 2.24) is 9.80 Å². The molecule has 2 fully saturated rings. The fourth-order valence-corrected chi connectivity index (χ4v) is 1.96. The van der Waals surface area contributed by atoms with Crippen LogP contribution in [-0.4, -0.2) is 73.5 Å². The van der Waals surface area contributed by atoms with Crippen LogP contribution in [0.1, 0.15) is 0 Å². The Kier molecular flexibility index (Phi) is 2.83. The van der Waals surface area contributed by atoms with Crippen molar-refractivity contribution in [2.45, 2.75) is 12.2 Å². The quantitative estimate of drug-likeness (QED) is 0.599. The Morgan fingerprint density at radius 3 is 2.77 bits per heavy atom. The van der Waals surface area contributed by atoms with E-state index in [9.17, 15) is 0 Å². The lowest BCUT2D eigenvalue weighted by atomic mass is 10.1. The summed E-state index contributed by atoms with van der Waals surface area (Å²) in [7, 11) is 2.13. The second kappa shape index (κ2) is 3.92. The average Bonchev–Trinajstić information content (AvgIpc) is 2.01. The molecule has 0 bridgehead atoms. The van der Waals surface area contributed by atoms with Crippen LogP contribution in [0.5, 0.6) is 0 Å². The average molecular weight is 186 g/mol. The fraction of sp³-hybridized carbons (Fsp3) is 1.00. The lowest BCUT2D eigenvalue weighted by Crippen LogP contribution is -2.55. The van der Waals surface area contributed by atoms with Gasteiger partial charge in [0, 0.05) is 32.7 Å². The molecule has 2 rings (SSSR count). The number of ether oxygens (including phenoxy) is 1. The number of likely N-dealkylation sites (tertiary alicyclic amines) is 1. The molecular weight excluding hydrogens is 168 g/mol. The van der Waals surface area contributed by atoms with E-state index >= 15 is 0 Å². The molecule has 0 aromatic rings. The number of β-amino-alcohol motifs (C(OH)–C–C–N with tert-alkyl or cyclic N) is 1. The molecule has 1 N–H and O–H groups in total. The van der Waals surface area contributed by atoms with E-state index in [4.69, 9.17) is 9.84 Å². The van der Waals surface area contributed by atoms with Gasteiger partial charge in [0.15, 0.2) is 0 Å². The Bertz CT molecular complexity index is 171. The smallest absolute Gasteiger partial charge is 0.0829 e. The van der Waals surface area contributed by atoms with Gasteiger partial charge in [-0.05, 0) is 7.05 Å². The lowest BCUT2D eigenvalue weighted by molar-refractivity contribution is -0.0696. The minimum atomic E-state index is -0.0960. The Morgan fingerprint density at radius 1 is 1.38 bits per heavy atom. The highest BCUT2D eigenvalue weighted by atomic mass is 16.5. The standard InChI is InChI=1S/C9H18N2O2/c1-10-2-3-13-9(6-10)7-11-4-8(12)5-11/h8-9,12H,2-7H2,1H3. The van der Waals surface area contributed by atoms with Crippen LogP contribution in [0.2, 0.25) is 0 Å². The van der Waals surface area contributed by atoms with Gasteiger partial charge in [0.1, 0.15) is 0 Å². The van der Waals surface area contributed by atoms with Gasteiger partial charge < -0.3 is 14.7 Å². The van der Waals surface area contributed by atoms with Gasteiger partial charge in [-0.2, -0.15) is 0 Å². The van der Waals surface area contributed by atoms with E-state index in [1.807, 2.05) is 0 Å². The molecule has 13 heavy (non-hydrogen) atoms. The topological polar surface area (TPSA) is 35.9 Å². The number of hydrogen-bond acceptors (Lipinski definition) is 4. The van der Waals surface area contributed by atoms with E-state index in [1.165, 1.54) is 0 Å². The van der Waals surface area contributed by atoms with Crippen LogP contribution < -0.4 is 0 Å². The second-order valence-corrected chi connectivity index (χ2v) is 4.13. The fourth-order valence-electron chi connectivity index (χ4n) is 1.96. The number of morpholine rings is 1. The second-order valence-electron chi connectivity index (χ2n) is 4.13. The van der Waals surface area contributed by atoms with Crippen molar-refractivity contribution < 1.29 is 9.84 Å². The molecule has 0 saturated carbocycles. The summed E-state index contributed by atoms with van der Waals surface area (Å²) in [6.07, 6.45) is 0.243. The molecule has 2 aliphatic rings. The van der Waals surface area contributed by atoms with Gasteiger partial charge in [-0.15, -0.1) is 0 Å². The monoisotopic (exact) mass is 186 g/mol. The maximum Gasteiger partial charge on any atom is 0.0829 e. The number of aliphatic hydroxyl groups is 1. The van der Waals surface area contributed by atoms with Crippen molar-refractivity contribution in [2.75, 3.05) is 46.4 Å². The molecule has 1 unspecified atom stereocenters. The first-order valence-electron chi connectivity index (χ1n) is 4.94. The summed E-state index contributed by atoms with van der Waals surface area (Å²) in [6, 6.07) is 0. The third-order valence-electron chi connectivity index (χ3n) is 2.74. The number of rotatable bonds is 2. The van der Waals surface area contributed by atoms with E-state index in [2.05, 4.69) is 16.8 Å². The molecule has 4 heteroatoms. The van der Waals surface area contributed by atoms with Gasteiger partial charge in [-0.3, -0.25) is 4.90 Å². The largest absolute Gasteiger partial charge is 0.390 e. The van der Waals surface area contributed by atoms with Gasteiger partial charge in [0.2, 0.25) is 0 Å². The van der Waals surface area contributed by atoms with Crippen LogP contribution in [0.3, 0.4) is 0 Å². The van der Waals surface area contributed by atoms with E-state index in [-0.39, 0.29) is 6.10 Å². The zero-order valence-corrected chi connectivity index (χ0v) is 8.15. The molecule has 0 aliphatic carbocycles. The first-order valence-corrected chi connectivity index (χ1v) is 4.94. The highest BCUT2D eigenvalue weighted by molar-refractivity contribution is 4.82. The summed E-state index contributed by atoms with van der Waals surface area (Å²) in [4.78, 5) is 4.54. The van der Waals surface area contributed by atoms with Crippen molar-refractivity contribution in [2.24, 2.45) is 0 Å². The number of aliphatic hydroxyl groups excluding tert-OH is 1. The molecule has 2 saturated heterocycles. The molecule has 4 nitrogen and oxygen atoms in total. The van der Waals surface area contributed by atoms with Crippen LogP contribution in [0, 0.1) is 0 Å². The summed E-state index contributed by atoms with van der Waals surface area (Å²) >= 11 is 0. The van der Waals surface area contributed by atoms with Gasteiger partial charge in [0.05, 0.1) is 18.8 Å². The number of nitrogens with zero attached hydrogens (tertiary/aromatic N) is 2.